The minimum absolute atomic E-state index is 0.0244. The van der Waals surface area contributed by atoms with Crippen LogP contribution in [0.1, 0.15) is 34.9 Å². The first kappa shape index (κ1) is 14.0. The molecule has 0 spiro atoms. The van der Waals surface area contributed by atoms with Crippen molar-refractivity contribution in [2.75, 3.05) is 13.1 Å². The lowest BCUT2D eigenvalue weighted by Crippen LogP contribution is -2.30. The van der Waals surface area contributed by atoms with E-state index in [1.807, 2.05) is 18.3 Å². The van der Waals surface area contributed by atoms with Crippen LogP contribution in [0.5, 0.6) is 0 Å². The van der Waals surface area contributed by atoms with E-state index in [0.717, 1.165) is 25.9 Å². The molecule has 0 aliphatic carbocycles. The van der Waals surface area contributed by atoms with Crippen LogP contribution >= 0.6 is 0 Å². The van der Waals surface area contributed by atoms with E-state index in [1.54, 1.807) is 18.2 Å². The normalized spacial score (nSPS) is 16.0. The standard InChI is InChI=1S/C17H19FN2O/c18-15-5-2-1-4-13(15)12-17(21)16-6-3-11-20(16)14-7-9-19-10-8-14/h1-6,11,14,19H,7-10,12H2. The summed E-state index contributed by atoms with van der Waals surface area (Å²) in [5.41, 5.74) is 1.14. The third-order valence-corrected chi connectivity index (χ3v) is 4.08. The van der Waals surface area contributed by atoms with Crippen molar-refractivity contribution in [2.45, 2.75) is 25.3 Å². The lowest BCUT2D eigenvalue weighted by Gasteiger charge is -2.25. The Balaban J connectivity index is 1.79. The molecule has 4 heteroatoms. The Morgan fingerprint density at radius 3 is 2.71 bits per heavy atom. The summed E-state index contributed by atoms with van der Waals surface area (Å²) in [5.74, 6) is -0.338. The van der Waals surface area contributed by atoms with Gasteiger partial charge in [-0.15, -0.1) is 0 Å². The number of nitrogens with zero attached hydrogens (tertiary/aromatic N) is 1. The zero-order valence-electron chi connectivity index (χ0n) is 11.9. The number of carbonyl (C=O) groups is 1. The number of halogens is 1. The molecule has 110 valence electrons. The van der Waals surface area contributed by atoms with E-state index >= 15 is 0 Å². The molecule has 2 heterocycles. The summed E-state index contributed by atoms with van der Waals surface area (Å²) >= 11 is 0. The fourth-order valence-electron chi connectivity index (χ4n) is 2.94. The molecule has 2 aromatic rings. The van der Waals surface area contributed by atoms with Crippen molar-refractivity contribution < 1.29 is 9.18 Å². The second-order valence-corrected chi connectivity index (χ2v) is 5.47. The highest BCUT2D eigenvalue weighted by molar-refractivity contribution is 5.96. The van der Waals surface area contributed by atoms with Crippen LogP contribution in [0.25, 0.3) is 0 Å². The van der Waals surface area contributed by atoms with Crippen LogP contribution in [0, 0.1) is 5.82 Å². The molecular formula is C17H19FN2O. The van der Waals surface area contributed by atoms with E-state index in [1.165, 1.54) is 6.07 Å². The van der Waals surface area contributed by atoms with Gasteiger partial charge in [0.2, 0.25) is 0 Å². The lowest BCUT2D eigenvalue weighted by atomic mass is 10.0. The molecule has 1 fully saturated rings. The summed E-state index contributed by atoms with van der Waals surface area (Å²) in [4.78, 5) is 12.5. The number of hydrogen-bond donors (Lipinski definition) is 1. The van der Waals surface area contributed by atoms with Gasteiger partial charge in [-0.2, -0.15) is 0 Å². The van der Waals surface area contributed by atoms with Crippen molar-refractivity contribution in [2.24, 2.45) is 0 Å². The Morgan fingerprint density at radius 1 is 1.19 bits per heavy atom. The van der Waals surface area contributed by atoms with Crippen molar-refractivity contribution in [1.82, 2.24) is 9.88 Å². The number of rotatable bonds is 4. The lowest BCUT2D eigenvalue weighted by molar-refractivity contribution is 0.0979. The Labute approximate surface area is 123 Å². The molecule has 21 heavy (non-hydrogen) atoms. The predicted molar refractivity (Wildman–Crippen MR) is 80.0 cm³/mol. The molecule has 1 aromatic heterocycles. The van der Waals surface area contributed by atoms with Gasteiger partial charge < -0.3 is 9.88 Å². The molecule has 3 nitrogen and oxygen atoms in total. The Morgan fingerprint density at radius 2 is 1.95 bits per heavy atom. The molecular weight excluding hydrogens is 267 g/mol. The van der Waals surface area contributed by atoms with E-state index in [9.17, 15) is 9.18 Å². The fraction of sp³-hybridized carbons (Fsp3) is 0.353. The van der Waals surface area contributed by atoms with Gasteiger partial charge in [0.25, 0.3) is 0 Å². The van der Waals surface area contributed by atoms with Crippen molar-refractivity contribution in [3.8, 4) is 0 Å². The monoisotopic (exact) mass is 286 g/mol. The van der Waals surface area contributed by atoms with Gasteiger partial charge in [0.15, 0.2) is 5.78 Å². The molecule has 1 N–H and O–H groups in total. The summed E-state index contributed by atoms with van der Waals surface area (Å²) in [7, 11) is 0. The molecule has 1 aromatic carbocycles. The van der Waals surface area contributed by atoms with Crippen molar-refractivity contribution in [3.05, 3.63) is 59.7 Å². The SMILES string of the molecule is O=C(Cc1ccccc1F)c1cccn1C1CCNCC1. The van der Waals surface area contributed by atoms with Crippen LogP contribution in [0.3, 0.4) is 0 Å². The first-order chi connectivity index (χ1) is 10.3. The number of carbonyl (C=O) groups excluding carboxylic acids is 1. The van der Waals surface area contributed by atoms with E-state index < -0.39 is 0 Å². The average molecular weight is 286 g/mol. The molecule has 0 atom stereocenters. The van der Waals surface area contributed by atoms with Gasteiger partial charge in [-0.05, 0) is 49.7 Å². The largest absolute Gasteiger partial charge is 0.342 e. The molecule has 0 bridgehead atoms. The number of benzene rings is 1. The summed E-state index contributed by atoms with van der Waals surface area (Å²) < 4.78 is 15.7. The van der Waals surface area contributed by atoms with E-state index in [0.29, 0.717) is 17.3 Å². The Bertz CT molecular complexity index is 629. The van der Waals surface area contributed by atoms with Gasteiger partial charge in [0.05, 0.1) is 5.69 Å². The van der Waals surface area contributed by atoms with Gasteiger partial charge in [0.1, 0.15) is 5.82 Å². The summed E-state index contributed by atoms with van der Waals surface area (Å²) in [6.45, 7) is 1.95. The minimum atomic E-state index is -0.314. The number of aromatic nitrogens is 1. The fourth-order valence-corrected chi connectivity index (χ4v) is 2.94. The number of ketones is 1. The number of nitrogens with one attached hydrogen (secondary N) is 1. The van der Waals surface area contributed by atoms with Gasteiger partial charge >= 0.3 is 0 Å². The van der Waals surface area contributed by atoms with Crippen LogP contribution in [0.2, 0.25) is 0 Å². The molecule has 0 radical (unpaired) electrons. The van der Waals surface area contributed by atoms with E-state index in [4.69, 9.17) is 0 Å². The summed E-state index contributed by atoms with van der Waals surface area (Å²) in [5, 5.41) is 3.32. The maximum absolute atomic E-state index is 13.7. The molecule has 0 amide bonds. The van der Waals surface area contributed by atoms with E-state index in [2.05, 4.69) is 9.88 Å². The van der Waals surface area contributed by atoms with Crippen molar-refractivity contribution in [3.63, 3.8) is 0 Å². The van der Waals surface area contributed by atoms with Crippen LogP contribution in [0.15, 0.2) is 42.6 Å². The highest BCUT2D eigenvalue weighted by atomic mass is 19.1. The smallest absolute Gasteiger partial charge is 0.183 e. The number of hydrogen-bond acceptors (Lipinski definition) is 2. The highest BCUT2D eigenvalue weighted by Gasteiger charge is 2.20. The molecule has 1 aliphatic rings. The topological polar surface area (TPSA) is 34.0 Å². The second kappa shape index (κ2) is 6.22. The number of piperidine rings is 1. The predicted octanol–water partition coefficient (Wildman–Crippen LogP) is 2.98. The zero-order valence-corrected chi connectivity index (χ0v) is 11.9. The minimum Gasteiger partial charge on any atom is -0.342 e. The number of Topliss-reactive ketones (excluding diaryl/α,β-unsaturated/α-hetero) is 1. The quantitative estimate of drug-likeness (QED) is 0.877. The molecule has 0 unspecified atom stereocenters. The van der Waals surface area contributed by atoms with Crippen LogP contribution in [0.4, 0.5) is 4.39 Å². The highest BCUT2D eigenvalue weighted by Crippen LogP contribution is 2.22. The third kappa shape index (κ3) is 3.05. The molecule has 1 aliphatic heterocycles. The zero-order chi connectivity index (χ0) is 14.7. The van der Waals surface area contributed by atoms with E-state index in [-0.39, 0.29) is 18.0 Å². The Hall–Kier alpha value is -1.94. The van der Waals surface area contributed by atoms with Crippen LogP contribution < -0.4 is 5.32 Å². The van der Waals surface area contributed by atoms with Gasteiger partial charge in [-0.25, -0.2) is 4.39 Å². The average Bonchev–Trinajstić information content (AvgIpc) is 3.00. The maximum Gasteiger partial charge on any atom is 0.183 e. The maximum atomic E-state index is 13.7. The summed E-state index contributed by atoms with van der Waals surface area (Å²) in [6, 6.07) is 10.6. The van der Waals surface area contributed by atoms with Gasteiger partial charge in [-0.1, -0.05) is 18.2 Å². The molecule has 1 saturated heterocycles. The molecule has 0 saturated carbocycles. The first-order valence-electron chi connectivity index (χ1n) is 7.40. The van der Waals surface area contributed by atoms with Gasteiger partial charge in [0, 0.05) is 18.7 Å². The third-order valence-electron chi connectivity index (χ3n) is 4.08. The first-order valence-corrected chi connectivity index (χ1v) is 7.40. The van der Waals surface area contributed by atoms with Gasteiger partial charge in [-0.3, -0.25) is 4.79 Å². The van der Waals surface area contributed by atoms with Crippen LogP contribution in [-0.2, 0) is 6.42 Å². The molecule has 3 rings (SSSR count). The van der Waals surface area contributed by atoms with Crippen LogP contribution in [-0.4, -0.2) is 23.4 Å². The summed E-state index contributed by atoms with van der Waals surface area (Å²) in [6.07, 6.45) is 4.12. The second-order valence-electron chi connectivity index (χ2n) is 5.47. The van der Waals surface area contributed by atoms with Crippen molar-refractivity contribution in [1.29, 1.82) is 0 Å². The van der Waals surface area contributed by atoms with Crippen molar-refractivity contribution >= 4 is 5.78 Å². The Kier molecular flexibility index (Phi) is 4.15.